The van der Waals surface area contributed by atoms with E-state index < -0.39 is 8.07 Å². The quantitative estimate of drug-likeness (QED) is 0.107. The Morgan fingerprint density at radius 2 is 1.34 bits per heavy atom. The summed E-state index contributed by atoms with van der Waals surface area (Å²) in [5.41, 5.74) is 15.5. The Hall–Kier alpha value is -6.17. The molecule has 0 atom stereocenters. The fourth-order valence-electron chi connectivity index (χ4n) is 9.15. The van der Waals surface area contributed by atoms with E-state index in [0.29, 0.717) is 11.8 Å². The maximum Gasteiger partial charge on any atom is 0.0798 e. The van der Waals surface area contributed by atoms with Gasteiger partial charge in [0.1, 0.15) is 0 Å². The Kier molecular flexibility index (Phi) is 14.1. The van der Waals surface area contributed by atoms with Crippen LogP contribution in [0.2, 0.25) is 19.6 Å². The molecule has 7 aromatic carbocycles. The molecule has 0 spiro atoms. The van der Waals surface area contributed by atoms with E-state index in [1.54, 1.807) is 0 Å². The van der Waals surface area contributed by atoms with Gasteiger partial charge in [0.15, 0.2) is 0 Å². The summed E-state index contributed by atoms with van der Waals surface area (Å²) in [6, 6.07) is 59.3. The van der Waals surface area contributed by atoms with Gasteiger partial charge in [-0.15, -0.1) is 35.9 Å². The summed E-state index contributed by atoms with van der Waals surface area (Å²) in [4.78, 5) is 10.0. The average Bonchev–Trinajstić information content (AvgIpc) is 3.91. The van der Waals surface area contributed by atoms with Crippen LogP contribution in [-0.4, -0.2) is 22.6 Å². The fraction of sp³-hybridized carbons (Fsp3) is 0.226. The maximum absolute atomic E-state index is 6.19. The van der Waals surface area contributed by atoms with Crippen molar-refractivity contribution in [3.8, 4) is 50.6 Å². The molecular formula is C62H61IrN3OSi-2. The molecule has 0 saturated carbocycles. The number of hydrogen-bond acceptors (Lipinski definition) is 3. The van der Waals surface area contributed by atoms with Crippen molar-refractivity contribution in [3.05, 3.63) is 193 Å². The third-order valence-electron chi connectivity index (χ3n) is 12.7. The molecule has 10 rings (SSSR count). The predicted octanol–water partition coefficient (Wildman–Crippen LogP) is 16.4. The molecule has 0 bridgehead atoms. The number of rotatable bonds is 9. The van der Waals surface area contributed by atoms with Crippen molar-refractivity contribution >= 4 is 46.0 Å². The number of furan rings is 1. The summed E-state index contributed by atoms with van der Waals surface area (Å²) < 4.78 is 8.53. The van der Waals surface area contributed by atoms with Crippen LogP contribution < -0.4 is 5.19 Å². The summed E-state index contributed by atoms with van der Waals surface area (Å²) in [5, 5.41) is 4.83. The van der Waals surface area contributed by atoms with Gasteiger partial charge in [-0.05, 0) is 91.8 Å². The van der Waals surface area contributed by atoms with Crippen LogP contribution in [-0.2, 0) is 31.9 Å². The number of para-hydroxylation sites is 2. The Morgan fingerprint density at radius 3 is 1.94 bits per heavy atom. The third-order valence-corrected chi connectivity index (χ3v) is 14.8. The molecule has 10 aromatic rings. The maximum atomic E-state index is 6.19. The molecule has 68 heavy (non-hydrogen) atoms. The van der Waals surface area contributed by atoms with Gasteiger partial charge in [0.25, 0.3) is 0 Å². The summed E-state index contributed by atoms with van der Waals surface area (Å²) in [5.74, 6) is 1.92. The third kappa shape index (κ3) is 10.0. The van der Waals surface area contributed by atoms with Crippen LogP contribution in [0, 0.1) is 18.2 Å². The van der Waals surface area contributed by atoms with Gasteiger partial charge in [0, 0.05) is 49.3 Å². The van der Waals surface area contributed by atoms with Crippen molar-refractivity contribution in [2.75, 3.05) is 0 Å². The van der Waals surface area contributed by atoms with Crippen LogP contribution in [0.4, 0.5) is 0 Å². The van der Waals surface area contributed by atoms with Crippen molar-refractivity contribution in [1.82, 2.24) is 14.5 Å². The second-order valence-electron chi connectivity index (χ2n) is 20.7. The van der Waals surface area contributed by atoms with Gasteiger partial charge < -0.3 is 14.0 Å². The van der Waals surface area contributed by atoms with Crippen LogP contribution in [0.1, 0.15) is 71.1 Å². The molecule has 0 aliphatic heterocycles. The smallest absolute Gasteiger partial charge is 0.0798 e. The molecule has 0 unspecified atom stereocenters. The van der Waals surface area contributed by atoms with E-state index in [1.807, 2.05) is 18.2 Å². The molecule has 0 aliphatic rings. The van der Waals surface area contributed by atoms with E-state index in [0.717, 1.165) is 84.4 Å². The number of benzene rings is 7. The molecule has 0 saturated heterocycles. The largest absolute Gasteiger partial charge is 0.557 e. The molecule has 4 nitrogen and oxygen atoms in total. The SMILES string of the molecule is CC(C)Cc1cc(-c2[c-]cccc2)ncc1[Si](C)(C)C.CC(C)c1ccc2cc3o[c-]c(-c4nc5ccccc5n4-c4c(-c5ccccc5)cc(C(C)(C)C)cc4-c4ccccc4)c3cc2c1.[Ir]. The number of fused-ring (bicyclic) bond motifs is 3. The Labute approximate surface area is 417 Å². The van der Waals surface area contributed by atoms with Crippen molar-refractivity contribution < 1.29 is 24.5 Å². The van der Waals surface area contributed by atoms with Gasteiger partial charge in [-0.25, -0.2) is 0 Å². The molecule has 6 heteroatoms. The van der Waals surface area contributed by atoms with E-state index >= 15 is 0 Å². The van der Waals surface area contributed by atoms with Gasteiger partial charge in [-0.1, -0.05) is 194 Å². The second-order valence-corrected chi connectivity index (χ2v) is 25.7. The summed E-state index contributed by atoms with van der Waals surface area (Å²) >= 11 is 0. The molecular weight excluding hydrogens is 1020 g/mol. The molecule has 3 aromatic heterocycles. The summed E-state index contributed by atoms with van der Waals surface area (Å²) in [6.45, 7) is 23.1. The normalized spacial score (nSPS) is 11.9. The Morgan fingerprint density at radius 1 is 0.691 bits per heavy atom. The predicted molar refractivity (Wildman–Crippen MR) is 286 cm³/mol. The fourth-order valence-corrected chi connectivity index (χ4v) is 10.7. The molecule has 0 amide bonds. The standard InChI is InChI=1S/C44H37N2O.C18H24NSi.Ir/c1-28(2)31-20-21-32-24-41-37(23-33(32)22-31)38(27-47-41)43-45-39-18-12-13-19-40(39)46(43)42-35(29-14-8-6-9-15-29)25-34(44(3,4)5)26-36(42)30-16-10-7-11-17-30;1-14(2)11-16-12-17(15-9-7-6-8-10-15)19-13-18(16)20(3,4)5;/h6-26,28H,1-5H3;6-9,12-14H,11H2,1-5H3;/q2*-1;. The van der Waals surface area contributed by atoms with Gasteiger partial charge in [0.2, 0.25) is 0 Å². The summed E-state index contributed by atoms with van der Waals surface area (Å²) in [7, 11) is -1.34. The minimum absolute atomic E-state index is 0. The first-order chi connectivity index (χ1) is 32.1. The topological polar surface area (TPSA) is 43.9 Å². The first-order valence-corrected chi connectivity index (χ1v) is 27.3. The number of imidazole rings is 1. The van der Waals surface area contributed by atoms with Crippen LogP contribution in [0.25, 0.3) is 83.4 Å². The Balaban J connectivity index is 0.000000251. The van der Waals surface area contributed by atoms with Gasteiger partial charge >= 0.3 is 0 Å². The molecule has 345 valence electrons. The molecule has 0 N–H and O–H groups in total. The zero-order chi connectivity index (χ0) is 47.0. The first-order valence-electron chi connectivity index (χ1n) is 23.8. The number of nitrogens with zero attached hydrogens (tertiary/aromatic N) is 3. The van der Waals surface area contributed by atoms with Crippen LogP contribution >= 0.6 is 0 Å². The Bertz CT molecular complexity index is 3280. The zero-order valence-corrected chi connectivity index (χ0v) is 44.4. The monoisotopic (exact) mass is 1080 g/mol. The van der Waals surface area contributed by atoms with Crippen LogP contribution in [0.5, 0.6) is 0 Å². The van der Waals surface area contributed by atoms with Crippen LogP contribution in [0.3, 0.4) is 0 Å². The number of hydrogen-bond donors (Lipinski definition) is 0. The first kappa shape index (κ1) is 48.3. The van der Waals surface area contributed by atoms with Gasteiger partial charge in [-0.2, -0.15) is 0 Å². The van der Waals surface area contributed by atoms with E-state index in [9.17, 15) is 0 Å². The molecule has 1 radical (unpaired) electrons. The number of aromatic nitrogens is 3. The van der Waals surface area contributed by atoms with Gasteiger partial charge in [0.05, 0.1) is 30.6 Å². The van der Waals surface area contributed by atoms with Gasteiger partial charge in [-0.3, -0.25) is 4.98 Å². The molecule has 0 fully saturated rings. The molecule has 0 aliphatic carbocycles. The van der Waals surface area contributed by atoms with E-state index in [-0.39, 0.29) is 25.5 Å². The van der Waals surface area contributed by atoms with E-state index in [1.165, 1.54) is 27.3 Å². The summed E-state index contributed by atoms with van der Waals surface area (Å²) in [6.07, 6.45) is 6.55. The van der Waals surface area contributed by atoms with Crippen LogP contribution in [0.15, 0.2) is 168 Å². The average molecular weight is 1080 g/mol. The van der Waals surface area contributed by atoms with Crippen molar-refractivity contribution in [2.24, 2.45) is 5.92 Å². The molecule has 3 heterocycles. The minimum Gasteiger partial charge on any atom is -0.557 e. The van der Waals surface area contributed by atoms with E-state index in [4.69, 9.17) is 9.40 Å². The van der Waals surface area contributed by atoms with Crippen molar-refractivity contribution in [2.45, 2.75) is 85.9 Å². The number of pyridine rings is 1. The van der Waals surface area contributed by atoms with Crippen molar-refractivity contribution in [1.29, 1.82) is 0 Å². The minimum atomic E-state index is -1.34. The second kappa shape index (κ2) is 19.8. The zero-order valence-electron chi connectivity index (χ0n) is 41.0. The van der Waals surface area contributed by atoms with Crippen molar-refractivity contribution in [3.63, 3.8) is 0 Å². The van der Waals surface area contributed by atoms with E-state index in [2.05, 4.69) is 236 Å².